The summed E-state index contributed by atoms with van der Waals surface area (Å²) in [5.74, 6) is -0.249. The number of aromatic nitrogens is 1. The molecule has 6 heteroatoms. The Labute approximate surface area is 196 Å². The lowest BCUT2D eigenvalue weighted by Crippen LogP contribution is -2.46. The molecule has 4 rings (SSSR count). The number of anilines is 1. The van der Waals surface area contributed by atoms with Crippen LogP contribution in [0.2, 0.25) is 0 Å². The molecule has 1 aliphatic rings. The van der Waals surface area contributed by atoms with Crippen molar-refractivity contribution >= 4 is 22.6 Å². The number of para-hydroxylation sites is 3. The molecule has 1 fully saturated rings. The van der Waals surface area contributed by atoms with Crippen LogP contribution in [0.3, 0.4) is 0 Å². The zero-order valence-corrected chi connectivity index (χ0v) is 19.7. The van der Waals surface area contributed by atoms with E-state index in [1.165, 1.54) is 5.69 Å². The first-order valence-corrected chi connectivity index (χ1v) is 12.0. The second-order valence-corrected chi connectivity index (χ2v) is 8.80. The van der Waals surface area contributed by atoms with Gasteiger partial charge in [0.25, 0.3) is 0 Å². The molecule has 1 aromatic heterocycles. The Morgan fingerprint density at radius 3 is 2.42 bits per heavy atom. The van der Waals surface area contributed by atoms with Crippen LogP contribution in [0.5, 0.6) is 5.75 Å². The highest BCUT2D eigenvalue weighted by molar-refractivity contribution is 5.89. The maximum Gasteiger partial charge on any atom is 0.311 e. The molecule has 1 N–H and O–H groups in total. The van der Waals surface area contributed by atoms with Crippen LogP contribution in [0, 0.1) is 0 Å². The number of ether oxygens (including phenoxy) is 1. The van der Waals surface area contributed by atoms with Gasteiger partial charge in [0, 0.05) is 49.8 Å². The number of carbonyl (C=O) groups is 1. The zero-order valence-electron chi connectivity index (χ0n) is 19.7. The molecule has 1 saturated heterocycles. The summed E-state index contributed by atoms with van der Waals surface area (Å²) in [5.41, 5.74) is 3.26. The van der Waals surface area contributed by atoms with Gasteiger partial charge in [-0.15, -0.1) is 0 Å². The summed E-state index contributed by atoms with van der Waals surface area (Å²) in [6, 6.07) is 16.4. The van der Waals surface area contributed by atoms with Crippen LogP contribution < -0.4 is 9.64 Å². The number of unbranched alkanes of at least 4 members (excludes halogenated alkanes) is 1. The SMILES string of the molecule is CCC(C(=O)O)c1cn(CCCCN2CCN(c3ccccc3OC)CC2)c2ccccc12. The van der Waals surface area contributed by atoms with Gasteiger partial charge in [-0.1, -0.05) is 37.3 Å². The van der Waals surface area contributed by atoms with Crippen LogP contribution >= 0.6 is 0 Å². The van der Waals surface area contributed by atoms with Crippen LogP contribution in [0.4, 0.5) is 5.69 Å². The van der Waals surface area contributed by atoms with Gasteiger partial charge < -0.3 is 19.3 Å². The minimum absolute atomic E-state index is 0.448. The van der Waals surface area contributed by atoms with E-state index < -0.39 is 11.9 Å². The van der Waals surface area contributed by atoms with Crippen molar-refractivity contribution in [2.24, 2.45) is 0 Å². The number of carboxylic acids is 1. The molecule has 176 valence electrons. The molecule has 33 heavy (non-hydrogen) atoms. The maximum absolute atomic E-state index is 11.7. The van der Waals surface area contributed by atoms with E-state index in [-0.39, 0.29) is 0 Å². The van der Waals surface area contributed by atoms with Gasteiger partial charge >= 0.3 is 5.97 Å². The largest absolute Gasteiger partial charge is 0.495 e. The Morgan fingerprint density at radius 1 is 1.00 bits per heavy atom. The Hall–Kier alpha value is -2.99. The fraction of sp³-hybridized carbons (Fsp3) is 0.444. The summed E-state index contributed by atoms with van der Waals surface area (Å²) in [6.07, 6.45) is 4.88. The van der Waals surface area contributed by atoms with Gasteiger partial charge in [-0.05, 0) is 49.6 Å². The highest BCUT2D eigenvalue weighted by atomic mass is 16.5. The summed E-state index contributed by atoms with van der Waals surface area (Å²) >= 11 is 0. The fourth-order valence-corrected chi connectivity index (χ4v) is 4.99. The molecular formula is C27H35N3O3. The maximum atomic E-state index is 11.7. The molecule has 2 heterocycles. The summed E-state index contributed by atoms with van der Waals surface area (Å²) < 4.78 is 7.77. The highest BCUT2D eigenvalue weighted by Crippen LogP contribution is 2.31. The third kappa shape index (κ3) is 5.17. The lowest BCUT2D eigenvalue weighted by molar-refractivity contribution is -0.138. The number of hydrogen-bond donors (Lipinski definition) is 1. The summed E-state index contributed by atoms with van der Waals surface area (Å²) in [7, 11) is 1.73. The minimum atomic E-state index is -0.743. The van der Waals surface area contributed by atoms with Crippen LogP contribution in [0.15, 0.2) is 54.7 Å². The van der Waals surface area contributed by atoms with Crippen molar-refractivity contribution in [2.75, 3.05) is 44.7 Å². The first-order valence-electron chi connectivity index (χ1n) is 12.0. The van der Waals surface area contributed by atoms with E-state index in [1.807, 2.05) is 37.3 Å². The number of nitrogens with zero attached hydrogens (tertiary/aromatic N) is 3. The van der Waals surface area contributed by atoms with Crippen molar-refractivity contribution in [2.45, 2.75) is 38.6 Å². The van der Waals surface area contributed by atoms with Crippen LogP contribution in [-0.2, 0) is 11.3 Å². The van der Waals surface area contributed by atoms with E-state index in [2.05, 4.69) is 38.8 Å². The molecule has 0 bridgehead atoms. The third-order valence-corrected chi connectivity index (χ3v) is 6.82. The number of benzene rings is 2. The standard InChI is InChI=1S/C27H35N3O3/c1-3-21(27(31)32)23-20-30(24-11-5-4-10-22(23)24)15-9-8-14-28-16-18-29(19-17-28)25-12-6-7-13-26(25)33-2/h4-7,10-13,20-21H,3,8-9,14-19H2,1-2H3,(H,31,32). The van der Waals surface area contributed by atoms with Crippen molar-refractivity contribution < 1.29 is 14.6 Å². The predicted octanol–water partition coefficient (Wildman–Crippen LogP) is 4.83. The third-order valence-electron chi connectivity index (χ3n) is 6.82. The molecule has 0 aliphatic carbocycles. The number of carboxylic acid groups (broad SMARTS) is 1. The molecule has 6 nitrogen and oxygen atoms in total. The van der Waals surface area contributed by atoms with E-state index in [1.54, 1.807) is 7.11 Å². The lowest BCUT2D eigenvalue weighted by atomic mass is 9.96. The van der Waals surface area contributed by atoms with Gasteiger partial charge in [-0.25, -0.2) is 0 Å². The molecule has 0 spiro atoms. The number of piperazine rings is 1. The van der Waals surface area contributed by atoms with Gasteiger partial charge in [-0.2, -0.15) is 0 Å². The van der Waals surface area contributed by atoms with E-state index in [9.17, 15) is 9.90 Å². The van der Waals surface area contributed by atoms with Gasteiger partial charge in [0.1, 0.15) is 5.75 Å². The van der Waals surface area contributed by atoms with Gasteiger partial charge in [-0.3, -0.25) is 9.69 Å². The number of hydrogen-bond acceptors (Lipinski definition) is 4. The van der Waals surface area contributed by atoms with E-state index in [4.69, 9.17) is 4.74 Å². The fourth-order valence-electron chi connectivity index (χ4n) is 4.99. The molecule has 1 atom stereocenters. The van der Waals surface area contributed by atoms with Crippen LogP contribution in [0.25, 0.3) is 10.9 Å². The molecular weight excluding hydrogens is 414 g/mol. The van der Waals surface area contributed by atoms with Gasteiger partial charge in [0.15, 0.2) is 0 Å². The molecule has 3 aromatic rings. The second-order valence-electron chi connectivity index (χ2n) is 8.80. The van der Waals surface area contributed by atoms with E-state index in [0.717, 1.165) is 74.3 Å². The average Bonchev–Trinajstić information content (AvgIpc) is 3.21. The smallest absolute Gasteiger partial charge is 0.311 e. The number of methoxy groups -OCH3 is 1. The van der Waals surface area contributed by atoms with Crippen LogP contribution in [-0.4, -0.2) is 60.4 Å². The van der Waals surface area contributed by atoms with Crippen LogP contribution in [0.1, 0.15) is 37.7 Å². The molecule has 0 saturated carbocycles. The average molecular weight is 450 g/mol. The topological polar surface area (TPSA) is 57.9 Å². The normalized spacial score (nSPS) is 15.6. The first-order chi connectivity index (χ1) is 16.1. The number of aryl methyl sites for hydroxylation is 1. The van der Waals surface area contributed by atoms with E-state index in [0.29, 0.717) is 6.42 Å². The molecule has 0 amide bonds. The monoisotopic (exact) mass is 449 g/mol. The van der Waals surface area contributed by atoms with Gasteiger partial charge in [0.2, 0.25) is 0 Å². The number of fused-ring (bicyclic) bond motifs is 1. The quantitative estimate of drug-likeness (QED) is 0.449. The Bertz CT molecular complexity index is 1070. The Balaban J connectivity index is 1.30. The molecule has 0 radical (unpaired) electrons. The Kier molecular flexibility index (Phi) is 7.55. The highest BCUT2D eigenvalue weighted by Gasteiger charge is 2.23. The van der Waals surface area contributed by atoms with E-state index >= 15 is 0 Å². The Morgan fingerprint density at radius 2 is 1.70 bits per heavy atom. The van der Waals surface area contributed by atoms with Crippen molar-refractivity contribution in [3.8, 4) is 5.75 Å². The number of rotatable bonds is 10. The summed E-state index contributed by atoms with van der Waals surface area (Å²) in [5, 5.41) is 10.7. The van der Waals surface area contributed by atoms with Crippen molar-refractivity contribution in [1.82, 2.24) is 9.47 Å². The summed E-state index contributed by atoms with van der Waals surface area (Å²) in [4.78, 5) is 16.7. The zero-order chi connectivity index (χ0) is 23.2. The molecule has 1 unspecified atom stereocenters. The van der Waals surface area contributed by atoms with Crippen molar-refractivity contribution in [1.29, 1.82) is 0 Å². The molecule has 1 aliphatic heterocycles. The lowest BCUT2D eigenvalue weighted by Gasteiger charge is -2.36. The van der Waals surface area contributed by atoms with Gasteiger partial charge in [0.05, 0.1) is 18.7 Å². The summed E-state index contributed by atoms with van der Waals surface area (Å²) in [6.45, 7) is 8.10. The molecule has 2 aromatic carbocycles. The second kappa shape index (κ2) is 10.8. The number of aliphatic carboxylic acids is 1. The first kappa shape index (κ1) is 23.2. The van der Waals surface area contributed by atoms with Crippen molar-refractivity contribution in [3.63, 3.8) is 0 Å². The van der Waals surface area contributed by atoms with Crippen molar-refractivity contribution in [3.05, 3.63) is 60.3 Å². The predicted molar refractivity (Wildman–Crippen MR) is 133 cm³/mol. The minimum Gasteiger partial charge on any atom is -0.495 e.